The number of nitrogens with zero attached hydrogens (tertiary/aromatic N) is 3. The highest BCUT2D eigenvalue weighted by Crippen LogP contribution is 2.53. The summed E-state index contributed by atoms with van der Waals surface area (Å²) in [6.07, 6.45) is -9.49. The van der Waals surface area contributed by atoms with Gasteiger partial charge in [-0.15, -0.1) is 0 Å². The lowest BCUT2D eigenvalue weighted by atomic mass is 9.90. The Morgan fingerprint density at radius 3 is 2.21 bits per heavy atom. The number of carbonyl (C=O) groups is 4. The van der Waals surface area contributed by atoms with Crippen molar-refractivity contribution in [1.29, 1.82) is 0 Å². The first-order valence-corrected chi connectivity index (χ1v) is 13.9. The van der Waals surface area contributed by atoms with E-state index in [1.54, 1.807) is 0 Å². The van der Waals surface area contributed by atoms with Crippen LogP contribution in [-0.2, 0) is 42.7 Å². The largest absolute Gasteiger partial charge is 0.467 e. The minimum atomic E-state index is -5.31. The van der Waals surface area contributed by atoms with Gasteiger partial charge in [-0.25, -0.2) is 4.79 Å². The molecule has 0 aromatic heterocycles. The molecule has 3 amide bonds. The van der Waals surface area contributed by atoms with Crippen LogP contribution in [0.3, 0.4) is 0 Å². The van der Waals surface area contributed by atoms with E-state index in [-0.39, 0.29) is 61.5 Å². The van der Waals surface area contributed by atoms with E-state index in [4.69, 9.17) is 4.74 Å². The molecule has 1 N–H and O–H groups in total. The molecular weight excluding hydrogens is 588 g/mol. The molecule has 1 aromatic rings. The van der Waals surface area contributed by atoms with Crippen molar-refractivity contribution in [3.05, 3.63) is 34.9 Å². The van der Waals surface area contributed by atoms with Gasteiger partial charge in [0.25, 0.3) is 0 Å². The van der Waals surface area contributed by atoms with Gasteiger partial charge >= 0.3 is 18.3 Å². The molecule has 3 aliphatic rings. The summed E-state index contributed by atoms with van der Waals surface area (Å²) in [7, 11) is 1.13. The molecule has 1 aliphatic carbocycles. The third-order valence-corrected chi connectivity index (χ3v) is 8.77. The number of benzene rings is 1. The fraction of sp³-hybridized carbons (Fsp3) is 0.643. The first-order chi connectivity index (χ1) is 20.0. The number of likely N-dealkylation sites (tertiary alicyclic amines) is 1. The molecule has 15 heteroatoms. The second kappa shape index (κ2) is 12.0. The minimum Gasteiger partial charge on any atom is -0.467 e. The van der Waals surface area contributed by atoms with E-state index >= 15 is 0 Å². The van der Waals surface area contributed by atoms with Crippen LogP contribution in [-0.4, -0.2) is 95.0 Å². The number of β-amino-alcohol motifs (C(OH)–C–C–N with tert-alkyl or cyclic N) is 1. The smallest absolute Gasteiger partial charge is 0.417 e. The molecule has 0 unspecified atom stereocenters. The average molecular weight is 622 g/mol. The summed E-state index contributed by atoms with van der Waals surface area (Å²) < 4.78 is 84.1. The van der Waals surface area contributed by atoms with E-state index < -0.39 is 65.9 Å². The molecule has 2 aliphatic heterocycles. The van der Waals surface area contributed by atoms with Crippen molar-refractivity contribution in [2.45, 2.75) is 76.0 Å². The highest BCUT2D eigenvalue weighted by molar-refractivity contribution is 5.92. The van der Waals surface area contributed by atoms with Crippen molar-refractivity contribution in [2.75, 3.05) is 33.3 Å². The quantitative estimate of drug-likeness (QED) is 0.371. The fourth-order valence-electron chi connectivity index (χ4n) is 5.95. The zero-order valence-electron chi connectivity index (χ0n) is 23.6. The third-order valence-electron chi connectivity index (χ3n) is 8.77. The van der Waals surface area contributed by atoms with Gasteiger partial charge in [0.15, 0.2) is 0 Å². The van der Waals surface area contributed by atoms with E-state index in [0.717, 1.165) is 30.9 Å². The molecule has 3 fully saturated rings. The lowest BCUT2D eigenvalue weighted by molar-refractivity contribution is -0.162. The number of carbonyl (C=O) groups excluding carboxylic acids is 4. The lowest BCUT2D eigenvalue weighted by Gasteiger charge is -2.42. The minimum absolute atomic E-state index is 0.0680. The maximum Gasteiger partial charge on any atom is 0.417 e. The predicted octanol–water partition coefficient (Wildman–Crippen LogP) is 3.02. The Morgan fingerprint density at radius 2 is 1.65 bits per heavy atom. The molecule has 238 valence electrons. The molecule has 3 atom stereocenters. The number of piperazine rings is 1. The van der Waals surface area contributed by atoms with Crippen LogP contribution in [0.1, 0.15) is 55.7 Å². The van der Waals surface area contributed by atoms with Gasteiger partial charge < -0.3 is 24.5 Å². The highest BCUT2D eigenvalue weighted by atomic mass is 19.4. The number of hydrogen-bond donors (Lipinski definition) is 1. The first kappa shape index (κ1) is 32.6. The van der Waals surface area contributed by atoms with Crippen molar-refractivity contribution in [1.82, 2.24) is 14.7 Å². The van der Waals surface area contributed by atoms with Crippen LogP contribution in [0.2, 0.25) is 0 Å². The Balaban J connectivity index is 1.40. The SMILES string of the molecule is COC(=O)[C@H](CCC(=O)N1CCC2(CC2)[C@H](O)C1)N1CCN(C(=O)Cc2ccc(C(F)(F)F)c(C(F)(F)F)c2)[C@@H](C)C1=O. The number of rotatable bonds is 7. The molecule has 2 heterocycles. The Morgan fingerprint density at radius 1 is 1.00 bits per heavy atom. The van der Waals surface area contributed by atoms with Crippen LogP contribution in [0.15, 0.2) is 18.2 Å². The molecule has 0 bridgehead atoms. The van der Waals surface area contributed by atoms with Crippen molar-refractivity contribution in [3.63, 3.8) is 0 Å². The maximum atomic E-state index is 13.3. The summed E-state index contributed by atoms with van der Waals surface area (Å²) in [5.41, 5.74) is -4.20. The van der Waals surface area contributed by atoms with E-state index in [2.05, 4.69) is 0 Å². The number of aliphatic hydroxyl groups excluding tert-OH is 1. The molecular formula is C28H33F6N3O6. The van der Waals surface area contributed by atoms with Gasteiger partial charge in [-0.2, -0.15) is 26.3 Å². The number of esters is 1. The van der Waals surface area contributed by atoms with Crippen LogP contribution in [0, 0.1) is 5.41 Å². The summed E-state index contributed by atoms with van der Waals surface area (Å²) >= 11 is 0. The molecule has 1 saturated carbocycles. The number of hydrogen-bond acceptors (Lipinski definition) is 6. The van der Waals surface area contributed by atoms with Gasteiger partial charge in [0.2, 0.25) is 17.7 Å². The number of aliphatic hydroxyl groups is 1. The van der Waals surface area contributed by atoms with Gasteiger partial charge in [0, 0.05) is 32.6 Å². The molecule has 1 aromatic carbocycles. The summed E-state index contributed by atoms with van der Waals surface area (Å²) in [6, 6.07) is -0.953. The highest BCUT2D eigenvalue weighted by Gasteiger charge is 2.52. The van der Waals surface area contributed by atoms with Crippen LogP contribution < -0.4 is 0 Å². The van der Waals surface area contributed by atoms with Crippen LogP contribution in [0.4, 0.5) is 26.3 Å². The Bertz CT molecular complexity index is 1260. The average Bonchev–Trinajstić information content (AvgIpc) is 3.71. The van der Waals surface area contributed by atoms with Crippen LogP contribution in [0.5, 0.6) is 0 Å². The van der Waals surface area contributed by atoms with Crippen molar-refractivity contribution in [2.24, 2.45) is 5.41 Å². The van der Waals surface area contributed by atoms with Gasteiger partial charge in [-0.1, -0.05) is 6.07 Å². The Labute approximate surface area is 243 Å². The lowest BCUT2D eigenvalue weighted by Crippen LogP contribution is -2.61. The second-order valence-corrected chi connectivity index (χ2v) is 11.4. The van der Waals surface area contributed by atoms with Gasteiger partial charge in [0.1, 0.15) is 12.1 Å². The Hall–Kier alpha value is -3.36. The summed E-state index contributed by atoms with van der Waals surface area (Å²) in [5.74, 6) is -2.49. The van der Waals surface area contributed by atoms with Crippen LogP contribution >= 0.6 is 0 Å². The number of methoxy groups -OCH3 is 1. The fourth-order valence-corrected chi connectivity index (χ4v) is 5.95. The molecule has 4 rings (SSSR count). The molecule has 0 radical (unpaired) electrons. The van der Waals surface area contributed by atoms with Gasteiger partial charge in [0.05, 0.1) is 30.8 Å². The van der Waals surface area contributed by atoms with Crippen molar-refractivity contribution in [3.8, 4) is 0 Å². The van der Waals surface area contributed by atoms with Crippen molar-refractivity contribution >= 4 is 23.7 Å². The molecule has 1 spiro atoms. The predicted molar refractivity (Wildman–Crippen MR) is 137 cm³/mol. The zero-order chi connectivity index (χ0) is 31.9. The van der Waals surface area contributed by atoms with E-state index in [9.17, 15) is 50.6 Å². The number of halogens is 6. The number of amides is 3. The number of piperidine rings is 1. The Kier molecular flexibility index (Phi) is 9.06. The number of alkyl halides is 6. The molecule has 2 saturated heterocycles. The maximum absolute atomic E-state index is 13.3. The van der Waals surface area contributed by atoms with Gasteiger partial charge in [-0.05, 0) is 55.7 Å². The van der Waals surface area contributed by atoms with Crippen molar-refractivity contribution < 1.29 is 55.4 Å². The normalized spacial score (nSPS) is 22.9. The molecule has 9 nitrogen and oxygen atoms in total. The molecule has 43 heavy (non-hydrogen) atoms. The summed E-state index contributed by atoms with van der Waals surface area (Å²) in [5, 5.41) is 10.4. The monoisotopic (exact) mass is 621 g/mol. The third kappa shape index (κ3) is 6.91. The summed E-state index contributed by atoms with van der Waals surface area (Å²) in [6.45, 7) is 1.79. The van der Waals surface area contributed by atoms with E-state index in [1.807, 2.05) is 0 Å². The van der Waals surface area contributed by atoms with Crippen LogP contribution in [0.25, 0.3) is 0 Å². The second-order valence-electron chi connectivity index (χ2n) is 11.4. The topological polar surface area (TPSA) is 107 Å². The van der Waals surface area contributed by atoms with Gasteiger partial charge in [-0.3, -0.25) is 14.4 Å². The first-order valence-electron chi connectivity index (χ1n) is 13.9. The van der Waals surface area contributed by atoms with E-state index in [0.29, 0.717) is 13.0 Å². The summed E-state index contributed by atoms with van der Waals surface area (Å²) in [4.78, 5) is 55.6. The zero-order valence-corrected chi connectivity index (χ0v) is 23.6. The number of ether oxygens (including phenoxy) is 1. The standard InChI is InChI=1S/C28H33F6N3O6/c1-16-24(41)37(20(25(42)43-2)5-6-22(39)35-10-9-26(7-8-26)21(38)15-35)12-11-36(16)23(40)14-17-3-4-18(27(29,30)31)19(13-17)28(32,33)34/h3-4,13,16,20-21,38H,5-12,14-15H2,1-2H3/t16-,20-,21+/m0/s1. The van der Waals surface area contributed by atoms with E-state index in [1.165, 1.54) is 16.7 Å².